The smallest absolute Gasteiger partial charge is 0.123 e. The molecule has 1 N–H and O–H groups in total. The van der Waals surface area contributed by atoms with E-state index in [4.69, 9.17) is 4.98 Å². The van der Waals surface area contributed by atoms with Gasteiger partial charge in [0.1, 0.15) is 10.8 Å². The fourth-order valence-corrected chi connectivity index (χ4v) is 3.07. The number of nitrogens with one attached hydrogen (secondary N) is 1. The molecule has 0 saturated carbocycles. The molecule has 0 bridgehead atoms. The van der Waals surface area contributed by atoms with Crippen molar-refractivity contribution in [3.63, 3.8) is 0 Å². The summed E-state index contributed by atoms with van der Waals surface area (Å²) in [6, 6.07) is 6.73. The summed E-state index contributed by atoms with van der Waals surface area (Å²) in [6.45, 7) is 7.34. The summed E-state index contributed by atoms with van der Waals surface area (Å²) >= 11 is 1.67. The van der Waals surface area contributed by atoms with Crippen LogP contribution < -0.4 is 5.32 Å². The Hall–Kier alpha value is -1.26. The summed E-state index contributed by atoms with van der Waals surface area (Å²) in [5.74, 6) is 0.227. The van der Waals surface area contributed by atoms with Crippen LogP contribution in [0.4, 0.5) is 4.39 Å². The summed E-state index contributed by atoms with van der Waals surface area (Å²) < 4.78 is 13.1. The van der Waals surface area contributed by atoms with Crippen molar-refractivity contribution in [1.29, 1.82) is 0 Å². The van der Waals surface area contributed by atoms with Crippen LogP contribution in [0.3, 0.4) is 0 Å². The maximum atomic E-state index is 13.1. The van der Waals surface area contributed by atoms with Crippen LogP contribution in [-0.2, 0) is 0 Å². The van der Waals surface area contributed by atoms with Gasteiger partial charge in [-0.15, -0.1) is 11.3 Å². The summed E-state index contributed by atoms with van der Waals surface area (Å²) in [4.78, 5) is 4.72. The second-order valence-corrected chi connectivity index (χ2v) is 6.09. The first-order chi connectivity index (χ1) is 9.61. The van der Waals surface area contributed by atoms with E-state index in [1.54, 1.807) is 11.3 Å². The zero-order valence-electron chi connectivity index (χ0n) is 12.2. The van der Waals surface area contributed by atoms with Gasteiger partial charge in [0.05, 0.1) is 11.7 Å². The molecule has 1 heterocycles. The number of thiazole rings is 1. The highest BCUT2D eigenvalue weighted by Gasteiger charge is 2.18. The maximum absolute atomic E-state index is 13.1. The molecule has 4 heteroatoms. The molecular weight excluding hydrogens is 271 g/mol. The zero-order valence-corrected chi connectivity index (χ0v) is 13.0. The highest BCUT2D eigenvalue weighted by atomic mass is 32.1. The Labute approximate surface area is 124 Å². The van der Waals surface area contributed by atoms with Gasteiger partial charge >= 0.3 is 0 Å². The van der Waals surface area contributed by atoms with Crippen molar-refractivity contribution in [1.82, 2.24) is 10.3 Å². The van der Waals surface area contributed by atoms with Gasteiger partial charge in [0.25, 0.3) is 0 Å². The lowest BCUT2D eigenvalue weighted by Gasteiger charge is -2.16. The van der Waals surface area contributed by atoms with Crippen molar-refractivity contribution in [2.75, 3.05) is 6.54 Å². The monoisotopic (exact) mass is 292 g/mol. The van der Waals surface area contributed by atoms with Crippen LogP contribution in [0.2, 0.25) is 0 Å². The Morgan fingerprint density at radius 2 is 1.95 bits per heavy atom. The number of hydrogen-bond donors (Lipinski definition) is 1. The first kappa shape index (κ1) is 15.1. The van der Waals surface area contributed by atoms with E-state index in [2.05, 4.69) is 31.5 Å². The number of hydrogen-bond acceptors (Lipinski definition) is 3. The van der Waals surface area contributed by atoms with Gasteiger partial charge in [-0.2, -0.15) is 0 Å². The first-order valence-corrected chi connectivity index (χ1v) is 7.94. The van der Waals surface area contributed by atoms with Gasteiger partial charge in [0.15, 0.2) is 0 Å². The van der Waals surface area contributed by atoms with Crippen molar-refractivity contribution in [2.45, 2.75) is 39.2 Å². The van der Waals surface area contributed by atoms with E-state index in [9.17, 15) is 4.39 Å². The summed E-state index contributed by atoms with van der Waals surface area (Å²) in [6.07, 6.45) is 1.06. The van der Waals surface area contributed by atoms with Crippen molar-refractivity contribution in [3.8, 4) is 0 Å². The van der Waals surface area contributed by atoms with Crippen LogP contribution >= 0.6 is 11.3 Å². The predicted octanol–water partition coefficient (Wildman–Crippen LogP) is 4.49. The Morgan fingerprint density at radius 1 is 1.25 bits per heavy atom. The van der Waals surface area contributed by atoms with Crippen LogP contribution in [-0.4, -0.2) is 11.5 Å². The number of aromatic nitrogens is 1. The van der Waals surface area contributed by atoms with Gasteiger partial charge in [-0.25, -0.2) is 9.37 Å². The fourth-order valence-electron chi connectivity index (χ4n) is 1.99. The Kier molecular flexibility index (Phi) is 5.26. The lowest BCUT2D eigenvalue weighted by Crippen LogP contribution is -2.23. The number of nitrogens with zero attached hydrogens (tertiary/aromatic N) is 1. The molecule has 1 unspecified atom stereocenters. The maximum Gasteiger partial charge on any atom is 0.123 e. The third-order valence-electron chi connectivity index (χ3n) is 3.18. The topological polar surface area (TPSA) is 24.9 Å². The molecule has 0 saturated heterocycles. The Balaban J connectivity index is 2.28. The van der Waals surface area contributed by atoms with Gasteiger partial charge in [-0.05, 0) is 36.6 Å². The fraction of sp³-hybridized carbons (Fsp3) is 0.438. The van der Waals surface area contributed by atoms with E-state index in [-0.39, 0.29) is 11.9 Å². The second-order valence-electron chi connectivity index (χ2n) is 5.20. The van der Waals surface area contributed by atoms with Crippen molar-refractivity contribution in [3.05, 3.63) is 51.7 Å². The van der Waals surface area contributed by atoms with Gasteiger partial charge in [0.2, 0.25) is 0 Å². The first-order valence-electron chi connectivity index (χ1n) is 7.06. The lowest BCUT2D eigenvalue weighted by molar-refractivity contribution is 0.588. The minimum absolute atomic E-state index is 0.0491. The van der Waals surface area contributed by atoms with Gasteiger partial charge in [0, 0.05) is 5.38 Å². The molecule has 1 aromatic heterocycles. The molecule has 0 spiro atoms. The standard InChI is InChI=1S/C16H21FN2S/c1-4-9-18-15(12-5-7-13(17)8-6-12)16-19-14(10-20-16)11(2)3/h5-8,10-11,15,18H,4,9H2,1-3H3. The number of benzene rings is 1. The van der Waals surface area contributed by atoms with Crippen molar-refractivity contribution >= 4 is 11.3 Å². The molecule has 0 amide bonds. The minimum Gasteiger partial charge on any atom is -0.304 e. The predicted molar refractivity (Wildman–Crippen MR) is 82.7 cm³/mol. The van der Waals surface area contributed by atoms with E-state index in [1.807, 2.05) is 12.1 Å². The second kappa shape index (κ2) is 6.95. The van der Waals surface area contributed by atoms with Crippen molar-refractivity contribution < 1.29 is 4.39 Å². The molecule has 0 aliphatic heterocycles. The van der Waals surface area contributed by atoms with Gasteiger partial charge < -0.3 is 5.32 Å². The normalized spacial score (nSPS) is 12.8. The van der Waals surface area contributed by atoms with Crippen LogP contribution in [0.25, 0.3) is 0 Å². The molecule has 0 aliphatic carbocycles. The molecule has 0 radical (unpaired) electrons. The lowest BCUT2D eigenvalue weighted by atomic mass is 10.1. The molecule has 2 nitrogen and oxygen atoms in total. The summed E-state index contributed by atoms with van der Waals surface area (Å²) in [5, 5.41) is 6.66. The molecule has 2 aromatic rings. The van der Waals surface area contributed by atoms with E-state index in [1.165, 1.54) is 12.1 Å². The van der Waals surface area contributed by atoms with Crippen LogP contribution in [0.15, 0.2) is 29.6 Å². The zero-order chi connectivity index (χ0) is 14.5. The van der Waals surface area contributed by atoms with Crippen molar-refractivity contribution in [2.24, 2.45) is 0 Å². The Bertz CT molecular complexity index is 534. The van der Waals surface area contributed by atoms with E-state index >= 15 is 0 Å². The highest BCUT2D eigenvalue weighted by molar-refractivity contribution is 7.09. The molecule has 1 aromatic carbocycles. The largest absolute Gasteiger partial charge is 0.304 e. The summed E-state index contributed by atoms with van der Waals surface area (Å²) in [5.41, 5.74) is 2.18. The Morgan fingerprint density at radius 3 is 2.50 bits per heavy atom. The molecule has 2 rings (SSSR count). The minimum atomic E-state index is -0.204. The highest BCUT2D eigenvalue weighted by Crippen LogP contribution is 2.27. The average Bonchev–Trinajstić information content (AvgIpc) is 2.91. The molecule has 20 heavy (non-hydrogen) atoms. The number of halogens is 1. The quantitative estimate of drug-likeness (QED) is 0.848. The van der Waals surface area contributed by atoms with Crippen LogP contribution in [0, 0.1) is 5.82 Å². The molecule has 1 atom stereocenters. The number of rotatable bonds is 6. The molecule has 0 aliphatic rings. The summed E-state index contributed by atoms with van der Waals surface area (Å²) in [7, 11) is 0. The van der Waals surface area contributed by atoms with Gasteiger partial charge in [-0.3, -0.25) is 0 Å². The molecule has 108 valence electrons. The van der Waals surface area contributed by atoms with E-state index in [0.717, 1.165) is 29.2 Å². The third kappa shape index (κ3) is 3.64. The van der Waals surface area contributed by atoms with E-state index in [0.29, 0.717) is 5.92 Å². The third-order valence-corrected chi connectivity index (χ3v) is 4.11. The molecular formula is C16H21FN2S. The average molecular weight is 292 g/mol. The van der Waals surface area contributed by atoms with Gasteiger partial charge in [-0.1, -0.05) is 32.9 Å². The SMILES string of the molecule is CCCNC(c1ccc(F)cc1)c1nc(C(C)C)cs1. The molecule has 0 fully saturated rings. The van der Waals surface area contributed by atoms with Crippen LogP contribution in [0.1, 0.15) is 55.4 Å². The van der Waals surface area contributed by atoms with E-state index < -0.39 is 0 Å². The van der Waals surface area contributed by atoms with Crippen LogP contribution in [0.5, 0.6) is 0 Å².